The van der Waals surface area contributed by atoms with Crippen molar-refractivity contribution in [3.63, 3.8) is 0 Å². The number of hydrogen-bond acceptors (Lipinski definition) is 4. The van der Waals surface area contributed by atoms with Crippen molar-refractivity contribution in [3.05, 3.63) is 29.2 Å². The van der Waals surface area contributed by atoms with E-state index in [-0.39, 0.29) is 12.1 Å². The molecule has 1 fully saturated rings. The van der Waals surface area contributed by atoms with E-state index in [4.69, 9.17) is 4.42 Å². The zero-order valence-corrected chi connectivity index (χ0v) is 14.0. The van der Waals surface area contributed by atoms with Gasteiger partial charge in [0.25, 0.3) is 0 Å². The molecule has 3 rings (SSSR count). The first-order valence-electron chi connectivity index (χ1n) is 8.24. The van der Waals surface area contributed by atoms with Crippen LogP contribution in [0, 0.1) is 6.92 Å². The molecule has 1 aliphatic rings. The molecular formula is C18H26N2O2. The van der Waals surface area contributed by atoms with Crippen LogP contribution in [0.4, 0.5) is 0 Å². The largest absolute Gasteiger partial charge is 0.440 e. The van der Waals surface area contributed by atoms with Crippen LogP contribution in [0.1, 0.15) is 56.0 Å². The first kappa shape index (κ1) is 15.5. The van der Waals surface area contributed by atoms with Crippen molar-refractivity contribution in [2.24, 2.45) is 0 Å². The molecule has 1 saturated carbocycles. The molecule has 0 saturated heterocycles. The van der Waals surface area contributed by atoms with E-state index in [2.05, 4.69) is 49.8 Å². The number of aryl methyl sites for hydroxylation is 1. The maximum Gasteiger partial charge on any atom is 0.198 e. The highest BCUT2D eigenvalue weighted by Crippen LogP contribution is 2.28. The number of aliphatic hydroxyl groups excluding tert-OH is 1. The Morgan fingerprint density at radius 1 is 1.36 bits per heavy atom. The smallest absolute Gasteiger partial charge is 0.198 e. The Hall–Kier alpha value is -1.39. The van der Waals surface area contributed by atoms with Gasteiger partial charge in [0.15, 0.2) is 11.5 Å². The van der Waals surface area contributed by atoms with Crippen LogP contribution in [0.5, 0.6) is 0 Å². The number of benzene rings is 1. The fourth-order valence-electron chi connectivity index (χ4n) is 3.47. The van der Waals surface area contributed by atoms with Gasteiger partial charge in [-0.05, 0) is 50.4 Å². The first-order chi connectivity index (χ1) is 10.5. The fourth-order valence-corrected chi connectivity index (χ4v) is 3.47. The Balaban J connectivity index is 1.84. The van der Waals surface area contributed by atoms with Crippen LogP contribution in [0.3, 0.4) is 0 Å². The third-order valence-electron chi connectivity index (χ3n) is 4.69. The highest BCUT2D eigenvalue weighted by atomic mass is 16.3. The summed E-state index contributed by atoms with van der Waals surface area (Å²) in [5, 5.41) is 10.1. The van der Waals surface area contributed by atoms with Crippen molar-refractivity contribution >= 4 is 11.1 Å². The van der Waals surface area contributed by atoms with Gasteiger partial charge in [0, 0.05) is 18.5 Å². The summed E-state index contributed by atoms with van der Waals surface area (Å²) in [6.07, 6.45) is 2.94. The molecule has 1 N–H and O–H groups in total. The first-order valence-corrected chi connectivity index (χ1v) is 8.24. The molecule has 1 aromatic heterocycles. The van der Waals surface area contributed by atoms with Crippen molar-refractivity contribution < 1.29 is 9.52 Å². The summed E-state index contributed by atoms with van der Waals surface area (Å²) in [4.78, 5) is 6.88. The second-order valence-electron chi connectivity index (χ2n) is 6.95. The monoisotopic (exact) mass is 302 g/mol. The average Bonchev–Trinajstić information content (AvgIpc) is 3.04. The van der Waals surface area contributed by atoms with Gasteiger partial charge in [0.2, 0.25) is 0 Å². The summed E-state index contributed by atoms with van der Waals surface area (Å²) >= 11 is 0. The van der Waals surface area contributed by atoms with Gasteiger partial charge in [-0.15, -0.1) is 0 Å². The molecule has 22 heavy (non-hydrogen) atoms. The van der Waals surface area contributed by atoms with Gasteiger partial charge in [-0.1, -0.05) is 19.9 Å². The molecule has 0 bridgehead atoms. The summed E-state index contributed by atoms with van der Waals surface area (Å²) in [6.45, 7) is 7.10. The minimum atomic E-state index is -0.186. The Morgan fingerprint density at radius 2 is 2.14 bits per heavy atom. The third kappa shape index (κ3) is 2.90. The quantitative estimate of drug-likeness (QED) is 0.937. The van der Waals surface area contributed by atoms with E-state index in [9.17, 15) is 5.11 Å². The number of aromatic nitrogens is 1. The van der Waals surface area contributed by atoms with Crippen molar-refractivity contribution in [1.29, 1.82) is 0 Å². The Bertz CT molecular complexity index is 662. The standard InChI is InChI=1S/C18H26N2O2/c1-11(2)18-19-14-9-13(8-12(3)17(14)22-18)10-20(4)15-6-5-7-16(15)21/h8-9,11,15-16,21H,5-7,10H2,1-4H3/t15-,16+/m1/s1. The topological polar surface area (TPSA) is 49.5 Å². The molecule has 0 spiro atoms. The van der Waals surface area contributed by atoms with Gasteiger partial charge in [-0.25, -0.2) is 4.98 Å². The van der Waals surface area contributed by atoms with E-state index < -0.39 is 0 Å². The molecule has 120 valence electrons. The van der Waals surface area contributed by atoms with Gasteiger partial charge < -0.3 is 9.52 Å². The summed E-state index contributed by atoms with van der Waals surface area (Å²) < 4.78 is 5.87. The predicted octanol–water partition coefficient (Wildman–Crippen LogP) is 3.60. The molecule has 4 nitrogen and oxygen atoms in total. The Kier molecular flexibility index (Phi) is 4.24. The zero-order chi connectivity index (χ0) is 15.9. The minimum absolute atomic E-state index is 0.186. The summed E-state index contributed by atoms with van der Waals surface area (Å²) in [5.41, 5.74) is 4.21. The molecule has 0 amide bonds. The molecule has 2 aromatic rings. The molecule has 0 unspecified atom stereocenters. The molecule has 0 aliphatic heterocycles. The molecule has 4 heteroatoms. The maximum atomic E-state index is 10.1. The number of likely N-dealkylation sites (N-methyl/N-ethyl adjacent to an activating group) is 1. The van der Waals surface area contributed by atoms with Crippen LogP contribution in [0.15, 0.2) is 16.5 Å². The van der Waals surface area contributed by atoms with Gasteiger partial charge in [-0.3, -0.25) is 4.90 Å². The lowest BCUT2D eigenvalue weighted by molar-refractivity contribution is 0.0825. The molecule has 1 heterocycles. The number of fused-ring (bicyclic) bond motifs is 1. The van der Waals surface area contributed by atoms with Crippen LogP contribution in [-0.4, -0.2) is 34.2 Å². The summed E-state index contributed by atoms with van der Waals surface area (Å²) in [7, 11) is 2.10. The third-order valence-corrected chi connectivity index (χ3v) is 4.69. The van der Waals surface area contributed by atoms with Gasteiger partial charge in [-0.2, -0.15) is 0 Å². The Labute approximate surface area is 132 Å². The van der Waals surface area contributed by atoms with Crippen LogP contribution in [0.2, 0.25) is 0 Å². The van der Waals surface area contributed by atoms with E-state index in [0.717, 1.165) is 48.4 Å². The van der Waals surface area contributed by atoms with Crippen LogP contribution in [0.25, 0.3) is 11.1 Å². The lowest BCUT2D eigenvalue weighted by Gasteiger charge is -2.27. The van der Waals surface area contributed by atoms with Crippen LogP contribution in [-0.2, 0) is 6.54 Å². The molecule has 2 atom stereocenters. The van der Waals surface area contributed by atoms with Crippen molar-refractivity contribution in [3.8, 4) is 0 Å². The number of nitrogens with zero attached hydrogens (tertiary/aromatic N) is 2. The SMILES string of the molecule is Cc1cc(CN(C)[C@@H]2CCC[C@@H]2O)cc2nc(C(C)C)oc12. The highest BCUT2D eigenvalue weighted by molar-refractivity contribution is 5.77. The van der Waals surface area contributed by atoms with Gasteiger partial charge in [0.1, 0.15) is 5.52 Å². The van der Waals surface area contributed by atoms with E-state index in [1.165, 1.54) is 5.56 Å². The average molecular weight is 302 g/mol. The fraction of sp³-hybridized carbons (Fsp3) is 0.611. The van der Waals surface area contributed by atoms with E-state index in [1.807, 2.05) is 0 Å². The van der Waals surface area contributed by atoms with Crippen LogP contribution >= 0.6 is 0 Å². The number of hydrogen-bond donors (Lipinski definition) is 1. The van der Waals surface area contributed by atoms with E-state index >= 15 is 0 Å². The predicted molar refractivity (Wildman–Crippen MR) is 87.9 cm³/mol. The number of rotatable bonds is 4. The molecule has 1 aromatic carbocycles. The lowest BCUT2D eigenvalue weighted by Crippen LogP contribution is -2.36. The highest BCUT2D eigenvalue weighted by Gasteiger charge is 2.28. The van der Waals surface area contributed by atoms with Crippen LogP contribution < -0.4 is 0 Å². The maximum absolute atomic E-state index is 10.1. The normalized spacial score (nSPS) is 22.3. The Morgan fingerprint density at radius 3 is 2.77 bits per heavy atom. The second kappa shape index (κ2) is 6.01. The summed E-state index contributed by atoms with van der Waals surface area (Å²) in [5.74, 6) is 1.10. The number of aliphatic hydroxyl groups is 1. The van der Waals surface area contributed by atoms with Crippen molar-refractivity contribution in [1.82, 2.24) is 9.88 Å². The minimum Gasteiger partial charge on any atom is -0.440 e. The van der Waals surface area contributed by atoms with Crippen molar-refractivity contribution in [2.45, 2.75) is 64.6 Å². The number of oxazole rings is 1. The summed E-state index contributed by atoms with van der Waals surface area (Å²) in [6, 6.07) is 4.57. The molecular weight excluding hydrogens is 276 g/mol. The molecule has 0 radical (unpaired) electrons. The van der Waals surface area contributed by atoms with Crippen molar-refractivity contribution in [2.75, 3.05) is 7.05 Å². The lowest BCUT2D eigenvalue weighted by atomic mass is 10.1. The zero-order valence-electron chi connectivity index (χ0n) is 14.0. The van der Waals surface area contributed by atoms with E-state index in [1.54, 1.807) is 0 Å². The van der Waals surface area contributed by atoms with E-state index in [0.29, 0.717) is 5.92 Å². The molecule has 1 aliphatic carbocycles. The van der Waals surface area contributed by atoms with Gasteiger partial charge in [0.05, 0.1) is 6.10 Å². The van der Waals surface area contributed by atoms with Gasteiger partial charge >= 0.3 is 0 Å². The second-order valence-corrected chi connectivity index (χ2v) is 6.95.